The molecule has 0 amide bonds. The molecule has 0 aliphatic carbocycles. The zero-order valence-electron chi connectivity index (χ0n) is 11.3. The predicted molar refractivity (Wildman–Crippen MR) is 72.9 cm³/mol. The number of benzene rings is 1. The van der Waals surface area contributed by atoms with Gasteiger partial charge >= 0.3 is 0 Å². The lowest BCUT2D eigenvalue weighted by Crippen LogP contribution is -2.17. The highest BCUT2D eigenvalue weighted by molar-refractivity contribution is 5.24. The smallest absolute Gasteiger partial charge is 0.128 e. The van der Waals surface area contributed by atoms with Crippen LogP contribution in [-0.2, 0) is 19.6 Å². The van der Waals surface area contributed by atoms with Crippen LogP contribution in [0.25, 0.3) is 0 Å². The predicted octanol–water partition coefficient (Wildman–Crippen LogP) is 2.82. The standard InChI is InChI=1S/C15H19FN2O/c1-11-3-6-14(19-11)10-18(2)9-13-5-4-12(8-17)7-15(13)16/h3-7H,8-10,17H2,1-2H3. The van der Waals surface area contributed by atoms with E-state index in [9.17, 15) is 4.39 Å². The maximum atomic E-state index is 13.8. The maximum absolute atomic E-state index is 13.8. The molecule has 0 bridgehead atoms. The maximum Gasteiger partial charge on any atom is 0.128 e. The van der Waals surface area contributed by atoms with E-state index >= 15 is 0 Å². The third-order valence-corrected chi connectivity index (χ3v) is 3.02. The van der Waals surface area contributed by atoms with Gasteiger partial charge in [0.25, 0.3) is 0 Å². The van der Waals surface area contributed by atoms with Crippen LogP contribution >= 0.6 is 0 Å². The van der Waals surface area contributed by atoms with Crippen LogP contribution in [0.5, 0.6) is 0 Å². The molecule has 0 spiro atoms. The summed E-state index contributed by atoms with van der Waals surface area (Å²) >= 11 is 0. The van der Waals surface area contributed by atoms with Crippen LogP contribution in [0.3, 0.4) is 0 Å². The molecular weight excluding hydrogens is 243 g/mol. The van der Waals surface area contributed by atoms with Crippen molar-refractivity contribution in [2.75, 3.05) is 7.05 Å². The number of furan rings is 1. The molecule has 2 N–H and O–H groups in total. The Morgan fingerprint density at radius 1 is 1.21 bits per heavy atom. The minimum absolute atomic E-state index is 0.203. The van der Waals surface area contributed by atoms with Gasteiger partial charge in [0.2, 0.25) is 0 Å². The lowest BCUT2D eigenvalue weighted by Gasteiger charge is -2.16. The summed E-state index contributed by atoms with van der Waals surface area (Å²) in [6.07, 6.45) is 0. The van der Waals surface area contributed by atoms with E-state index in [0.717, 1.165) is 17.1 Å². The van der Waals surface area contributed by atoms with E-state index in [1.165, 1.54) is 6.07 Å². The first kappa shape index (κ1) is 13.8. The van der Waals surface area contributed by atoms with Gasteiger partial charge in [-0.2, -0.15) is 0 Å². The van der Waals surface area contributed by atoms with E-state index in [-0.39, 0.29) is 5.82 Å². The van der Waals surface area contributed by atoms with Gasteiger partial charge < -0.3 is 10.2 Å². The van der Waals surface area contributed by atoms with Gasteiger partial charge in [0, 0.05) is 18.7 Å². The Bertz CT molecular complexity index is 551. The summed E-state index contributed by atoms with van der Waals surface area (Å²) in [7, 11) is 1.94. The second kappa shape index (κ2) is 5.99. The van der Waals surface area contributed by atoms with Gasteiger partial charge in [-0.1, -0.05) is 12.1 Å². The molecule has 2 aromatic rings. The highest BCUT2D eigenvalue weighted by atomic mass is 19.1. The molecule has 0 fully saturated rings. The minimum atomic E-state index is -0.203. The van der Waals surface area contributed by atoms with Crippen LogP contribution in [0.4, 0.5) is 4.39 Å². The van der Waals surface area contributed by atoms with Gasteiger partial charge in [0.05, 0.1) is 6.54 Å². The molecule has 0 atom stereocenters. The first-order chi connectivity index (χ1) is 9.08. The second-order valence-corrected chi connectivity index (χ2v) is 4.81. The molecule has 3 nitrogen and oxygen atoms in total. The second-order valence-electron chi connectivity index (χ2n) is 4.81. The Kier molecular flexibility index (Phi) is 4.35. The van der Waals surface area contributed by atoms with Gasteiger partial charge in [-0.25, -0.2) is 4.39 Å². The normalized spacial score (nSPS) is 11.2. The molecule has 2 rings (SSSR count). The van der Waals surface area contributed by atoms with Crippen molar-refractivity contribution in [2.45, 2.75) is 26.6 Å². The molecule has 1 heterocycles. The highest BCUT2D eigenvalue weighted by Crippen LogP contribution is 2.14. The van der Waals surface area contributed by atoms with Crippen molar-refractivity contribution in [3.8, 4) is 0 Å². The quantitative estimate of drug-likeness (QED) is 0.901. The molecule has 1 aromatic heterocycles. The monoisotopic (exact) mass is 262 g/mol. The highest BCUT2D eigenvalue weighted by Gasteiger charge is 2.08. The number of hydrogen-bond donors (Lipinski definition) is 1. The van der Waals surface area contributed by atoms with Crippen LogP contribution in [0.15, 0.2) is 34.7 Å². The fourth-order valence-corrected chi connectivity index (χ4v) is 2.03. The summed E-state index contributed by atoms with van der Waals surface area (Å²) in [5.41, 5.74) is 6.97. The number of aryl methyl sites for hydroxylation is 1. The Morgan fingerprint density at radius 2 is 2.00 bits per heavy atom. The van der Waals surface area contributed by atoms with E-state index in [1.807, 2.05) is 37.1 Å². The van der Waals surface area contributed by atoms with Crippen LogP contribution in [0.2, 0.25) is 0 Å². The van der Waals surface area contributed by atoms with Gasteiger partial charge in [-0.15, -0.1) is 0 Å². The first-order valence-corrected chi connectivity index (χ1v) is 6.29. The number of nitrogens with two attached hydrogens (primary N) is 1. The van der Waals surface area contributed by atoms with Crippen molar-refractivity contribution in [1.82, 2.24) is 4.90 Å². The van der Waals surface area contributed by atoms with Crippen molar-refractivity contribution in [2.24, 2.45) is 5.73 Å². The number of halogens is 1. The van der Waals surface area contributed by atoms with Crippen molar-refractivity contribution in [3.05, 3.63) is 58.8 Å². The Hall–Kier alpha value is -1.65. The van der Waals surface area contributed by atoms with E-state index in [4.69, 9.17) is 10.2 Å². The summed E-state index contributed by atoms with van der Waals surface area (Å²) in [6, 6.07) is 9.03. The van der Waals surface area contributed by atoms with Crippen LogP contribution in [0.1, 0.15) is 22.6 Å². The summed E-state index contributed by atoms with van der Waals surface area (Å²) in [5, 5.41) is 0. The zero-order chi connectivity index (χ0) is 13.8. The summed E-state index contributed by atoms with van der Waals surface area (Å²) < 4.78 is 19.3. The zero-order valence-corrected chi connectivity index (χ0v) is 11.3. The van der Waals surface area contributed by atoms with Crippen molar-refractivity contribution in [3.63, 3.8) is 0 Å². The third kappa shape index (κ3) is 3.66. The fourth-order valence-electron chi connectivity index (χ4n) is 2.03. The molecule has 0 saturated carbocycles. The number of hydrogen-bond acceptors (Lipinski definition) is 3. The molecular formula is C15H19FN2O. The van der Waals surface area contributed by atoms with Crippen molar-refractivity contribution >= 4 is 0 Å². The Balaban J connectivity index is 2.00. The molecule has 0 radical (unpaired) electrons. The molecule has 0 aliphatic heterocycles. The van der Waals surface area contributed by atoms with Gasteiger partial charge in [0.1, 0.15) is 17.3 Å². The van der Waals surface area contributed by atoms with Gasteiger partial charge in [-0.05, 0) is 37.7 Å². The summed E-state index contributed by atoms with van der Waals surface area (Å²) in [6.45, 7) is 3.47. The topological polar surface area (TPSA) is 42.4 Å². The molecule has 0 saturated heterocycles. The number of rotatable bonds is 5. The minimum Gasteiger partial charge on any atom is -0.465 e. The third-order valence-electron chi connectivity index (χ3n) is 3.02. The van der Waals surface area contributed by atoms with E-state index in [2.05, 4.69) is 0 Å². The first-order valence-electron chi connectivity index (χ1n) is 6.29. The molecule has 0 aliphatic rings. The molecule has 102 valence electrons. The van der Waals surface area contributed by atoms with E-state index in [0.29, 0.717) is 25.2 Å². The Morgan fingerprint density at radius 3 is 2.58 bits per heavy atom. The fraction of sp³-hybridized carbons (Fsp3) is 0.333. The number of nitrogens with zero attached hydrogens (tertiary/aromatic N) is 1. The van der Waals surface area contributed by atoms with E-state index in [1.54, 1.807) is 6.07 Å². The summed E-state index contributed by atoms with van der Waals surface area (Å²) in [5.74, 6) is 1.58. The lowest BCUT2D eigenvalue weighted by atomic mass is 10.1. The average molecular weight is 262 g/mol. The van der Waals surface area contributed by atoms with Gasteiger partial charge in [0.15, 0.2) is 0 Å². The largest absolute Gasteiger partial charge is 0.465 e. The average Bonchev–Trinajstić information content (AvgIpc) is 2.77. The summed E-state index contributed by atoms with van der Waals surface area (Å²) in [4.78, 5) is 2.01. The van der Waals surface area contributed by atoms with Crippen molar-refractivity contribution in [1.29, 1.82) is 0 Å². The van der Waals surface area contributed by atoms with Crippen molar-refractivity contribution < 1.29 is 8.81 Å². The molecule has 19 heavy (non-hydrogen) atoms. The van der Waals surface area contributed by atoms with Crippen LogP contribution in [-0.4, -0.2) is 11.9 Å². The Labute approximate surface area is 112 Å². The molecule has 4 heteroatoms. The molecule has 0 unspecified atom stereocenters. The van der Waals surface area contributed by atoms with Crippen LogP contribution < -0.4 is 5.73 Å². The van der Waals surface area contributed by atoms with Crippen LogP contribution in [0, 0.1) is 12.7 Å². The lowest BCUT2D eigenvalue weighted by molar-refractivity contribution is 0.281. The molecule has 1 aromatic carbocycles. The van der Waals surface area contributed by atoms with Gasteiger partial charge in [-0.3, -0.25) is 4.90 Å². The van der Waals surface area contributed by atoms with E-state index < -0.39 is 0 Å². The SMILES string of the molecule is Cc1ccc(CN(C)Cc2ccc(CN)cc2F)o1.